The molecule has 1 fully saturated rings. The van der Waals surface area contributed by atoms with Gasteiger partial charge in [0.15, 0.2) is 0 Å². The maximum absolute atomic E-state index is 4.15. The number of hydrogen-bond donors (Lipinski definition) is 1. The molecule has 0 heterocycles. The van der Waals surface area contributed by atoms with Crippen molar-refractivity contribution in [1.29, 1.82) is 0 Å². The normalized spacial score (nSPS) is 28.5. The Morgan fingerprint density at radius 2 is 1.55 bits per heavy atom. The van der Waals surface area contributed by atoms with Gasteiger partial charge in [0.1, 0.15) is 0 Å². The van der Waals surface area contributed by atoms with E-state index in [1.54, 1.807) is 0 Å². The topological polar surface area (TPSA) is 12.0 Å². The van der Waals surface area contributed by atoms with Crippen molar-refractivity contribution in [2.45, 2.75) is 80.7 Å². The van der Waals surface area contributed by atoms with Crippen molar-refractivity contribution in [2.24, 2.45) is 41.4 Å². The number of hydrogen-bond acceptors (Lipinski definition) is 1. The zero-order valence-electron chi connectivity index (χ0n) is 16.4. The van der Waals surface area contributed by atoms with Gasteiger partial charge in [0.2, 0.25) is 0 Å². The molecule has 1 aliphatic carbocycles. The van der Waals surface area contributed by atoms with Crippen molar-refractivity contribution in [3.05, 3.63) is 12.3 Å². The molecule has 0 amide bonds. The zero-order valence-corrected chi connectivity index (χ0v) is 16.4. The van der Waals surface area contributed by atoms with E-state index in [-0.39, 0.29) is 0 Å². The molecule has 0 aromatic carbocycles. The monoisotopic (exact) mass is 307 g/mol. The minimum atomic E-state index is 0.595. The third-order valence-corrected chi connectivity index (χ3v) is 6.71. The Kier molecular flexibility index (Phi) is 7.49. The molecule has 22 heavy (non-hydrogen) atoms. The van der Waals surface area contributed by atoms with Crippen molar-refractivity contribution in [2.75, 3.05) is 0 Å². The third kappa shape index (κ3) is 4.77. The molecule has 0 saturated heterocycles. The van der Waals surface area contributed by atoms with Gasteiger partial charge in [0, 0.05) is 11.7 Å². The van der Waals surface area contributed by atoms with Gasteiger partial charge >= 0.3 is 0 Å². The molecule has 130 valence electrons. The van der Waals surface area contributed by atoms with E-state index < -0.39 is 0 Å². The Morgan fingerprint density at radius 1 is 1.05 bits per heavy atom. The lowest BCUT2D eigenvalue weighted by atomic mass is 9.70. The van der Waals surface area contributed by atoms with Crippen molar-refractivity contribution in [3.8, 4) is 0 Å². The van der Waals surface area contributed by atoms with E-state index in [0.717, 1.165) is 47.1 Å². The lowest BCUT2D eigenvalue weighted by Gasteiger charge is -2.40. The van der Waals surface area contributed by atoms with Crippen LogP contribution in [-0.2, 0) is 0 Å². The van der Waals surface area contributed by atoms with Crippen molar-refractivity contribution in [1.82, 2.24) is 5.32 Å². The van der Waals surface area contributed by atoms with Gasteiger partial charge in [-0.15, -0.1) is 0 Å². The van der Waals surface area contributed by atoms with Crippen molar-refractivity contribution < 1.29 is 0 Å². The second-order valence-corrected chi connectivity index (χ2v) is 8.41. The van der Waals surface area contributed by atoms with Crippen LogP contribution in [0.3, 0.4) is 0 Å². The molecule has 0 radical (unpaired) electrons. The largest absolute Gasteiger partial charge is 0.386 e. The van der Waals surface area contributed by atoms with Crippen LogP contribution in [0.15, 0.2) is 12.3 Å². The number of nitrogens with one attached hydrogen (secondary N) is 1. The fourth-order valence-corrected chi connectivity index (χ4v) is 4.52. The van der Waals surface area contributed by atoms with Crippen LogP contribution in [-0.4, -0.2) is 6.04 Å². The van der Waals surface area contributed by atoms with Gasteiger partial charge in [-0.25, -0.2) is 0 Å². The van der Waals surface area contributed by atoms with E-state index in [1.807, 2.05) is 0 Å². The van der Waals surface area contributed by atoms with Crippen LogP contribution >= 0.6 is 0 Å². The molecule has 0 aromatic rings. The average Bonchev–Trinajstić information content (AvgIpc) is 3.00. The van der Waals surface area contributed by atoms with E-state index in [9.17, 15) is 0 Å². The highest BCUT2D eigenvalue weighted by molar-refractivity contribution is 5.00. The fourth-order valence-electron chi connectivity index (χ4n) is 4.52. The first-order valence-electron chi connectivity index (χ1n) is 9.66. The van der Waals surface area contributed by atoms with Crippen LogP contribution in [0.1, 0.15) is 74.7 Å². The van der Waals surface area contributed by atoms with Gasteiger partial charge in [0.25, 0.3) is 0 Å². The molecular formula is C21H41N. The molecule has 5 unspecified atom stereocenters. The molecule has 0 aliphatic heterocycles. The summed E-state index contributed by atoms with van der Waals surface area (Å²) >= 11 is 0. The molecule has 0 bridgehead atoms. The molecule has 1 nitrogen and oxygen atoms in total. The summed E-state index contributed by atoms with van der Waals surface area (Å²) in [5.74, 6) is 5.80. The summed E-state index contributed by atoms with van der Waals surface area (Å²) in [4.78, 5) is 0. The molecule has 0 aromatic heterocycles. The zero-order chi connectivity index (χ0) is 17.0. The quantitative estimate of drug-likeness (QED) is 0.513. The summed E-state index contributed by atoms with van der Waals surface area (Å²) in [6, 6.07) is 0.595. The van der Waals surface area contributed by atoms with Crippen LogP contribution in [0.5, 0.6) is 0 Å². The molecule has 1 saturated carbocycles. The second kappa shape index (κ2) is 8.41. The van der Waals surface area contributed by atoms with Gasteiger partial charge in [-0.3, -0.25) is 0 Å². The lowest BCUT2D eigenvalue weighted by molar-refractivity contribution is 0.129. The Hall–Kier alpha value is -0.460. The van der Waals surface area contributed by atoms with Gasteiger partial charge < -0.3 is 5.32 Å². The summed E-state index contributed by atoms with van der Waals surface area (Å²) in [5, 5.41) is 3.78. The summed E-state index contributed by atoms with van der Waals surface area (Å²) < 4.78 is 0. The molecule has 1 N–H and O–H groups in total. The van der Waals surface area contributed by atoms with Gasteiger partial charge in [-0.1, -0.05) is 67.9 Å². The number of rotatable bonds is 10. The molecule has 1 aliphatic rings. The van der Waals surface area contributed by atoms with E-state index in [2.05, 4.69) is 67.3 Å². The predicted molar refractivity (Wildman–Crippen MR) is 99.7 cm³/mol. The SMILES string of the molecule is C=C(C)NC(CC1C(C)C1C)C(C(CC)CC)C(C)C(C)C. The summed E-state index contributed by atoms with van der Waals surface area (Å²) in [6.07, 6.45) is 3.91. The maximum Gasteiger partial charge on any atom is 0.0294 e. The van der Waals surface area contributed by atoms with E-state index in [1.165, 1.54) is 19.3 Å². The number of allylic oxidation sites excluding steroid dienone is 1. The standard InChI is InChI=1S/C21H41N/c1-10-18(11-2)21(15(7)13(3)4)20(22-14(5)6)12-19-16(8)17(19)9/h13,15-22H,5,10-12H2,1-4,6-9H3. The van der Waals surface area contributed by atoms with Crippen LogP contribution in [0, 0.1) is 41.4 Å². The Balaban J connectivity index is 2.97. The summed E-state index contributed by atoms with van der Waals surface area (Å²) in [7, 11) is 0. The van der Waals surface area contributed by atoms with Crippen LogP contribution in [0.4, 0.5) is 0 Å². The Labute approximate surface area is 140 Å². The smallest absolute Gasteiger partial charge is 0.0294 e. The third-order valence-electron chi connectivity index (χ3n) is 6.71. The Morgan fingerprint density at radius 3 is 1.86 bits per heavy atom. The molecule has 1 heteroatoms. The highest BCUT2D eigenvalue weighted by Gasteiger charge is 2.46. The van der Waals surface area contributed by atoms with Crippen molar-refractivity contribution >= 4 is 0 Å². The van der Waals surface area contributed by atoms with Crippen LogP contribution in [0.25, 0.3) is 0 Å². The predicted octanol–water partition coefficient (Wildman–Crippen LogP) is 6.11. The highest BCUT2D eigenvalue weighted by atomic mass is 14.9. The van der Waals surface area contributed by atoms with E-state index in [4.69, 9.17) is 0 Å². The molecule has 1 rings (SSSR count). The lowest BCUT2D eigenvalue weighted by Crippen LogP contribution is -2.43. The minimum Gasteiger partial charge on any atom is -0.386 e. The van der Waals surface area contributed by atoms with E-state index in [0.29, 0.717) is 6.04 Å². The van der Waals surface area contributed by atoms with Gasteiger partial charge in [-0.05, 0) is 54.8 Å². The first-order valence-corrected chi connectivity index (χ1v) is 9.66. The second-order valence-electron chi connectivity index (χ2n) is 8.41. The summed E-state index contributed by atoms with van der Waals surface area (Å²) in [5.41, 5.74) is 1.14. The van der Waals surface area contributed by atoms with Crippen molar-refractivity contribution in [3.63, 3.8) is 0 Å². The summed E-state index contributed by atoms with van der Waals surface area (Å²) in [6.45, 7) is 23.1. The molecule has 5 atom stereocenters. The van der Waals surface area contributed by atoms with Gasteiger partial charge in [0.05, 0.1) is 0 Å². The maximum atomic E-state index is 4.15. The van der Waals surface area contributed by atoms with Crippen LogP contribution < -0.4 is 5.32 Å². The average molecular weight is 308 g/mol. The first kappa shape index (κ1) is 19.6. The fraction of sp³-hybridized carbons (Fsp3) is 0.905. The Bertz CT molecular complexity index is 332. The van der Waals surface area contributed by atoms with Gasteiger partial charge in [-0.2, -0.15) is 0 Å². The highest BCUT2D eigenvalue weighted by Crippen LogP contribution is 2.50. The van der Waals surface area contributed by atoms with E-state index >= 15 is 0 Å². The minimum absolute atomic E-state index is 0.595. The van der Waals surface area contributed by atoms with Crippen LogP contribution in [0.2, 0.25) is 0 Å². The first-order chi connectivity index (χ1) is 10.2. The molecule has 0 spiro atoms. The molecular weight excluding hydrogens is 266 g/mol.